The van der Waals surface area contributed by atoms with E-state index in [2.05, 4.69) is 14.9 Å². The normalized spacial score (nSPS) is 18.5. The molecule has 22 heavy (non-hydrogen) atoms. The van der Waals surface area contributed by atoms with Crippen LogP contribution in [0.1, 0.15) is 25.7 Å². The second-order valence-electron chi connectivity index (χ2n) is 5.79. The van der Waals surface area contributed by atoms with Crippen LogP contribution in [-0.2, 0) is 0 Å². The van der Waals surface area contributed by atoms with Crippen molar-refractivity contribution in [2.45, 2.75) is 25.7 Å². The van der Waals surface area contributed by atoms with Crippen LogP contribution in [0.15, 0.2) is 10.5 Å². The number of oxazole rings is 1. The van der Waals surface area contributed by atoms with Crippen LogP contribution in [0.25, 0.3) is 11.2 Å². The van der Waals surface area contributed by atoms with Gasteiger partial charge in [-0.15, -0.1) is 0 Å². The molecule has 2 saturated heterocycles. The quantitative estimate of drug-likeness (QED) is 0.635. The molecule has 2 aliphatic heterocycles. The maximum atomic E-state index is 11.3. The van der Waals surface area contributed by atoms with E-state index in [9.17, 15) is 10.1 Å². The first kappa shape index (κ1) is 13.3. The Morgan fingerprint density at radius 2 is 1.77 bits per heavy atom. The van der Waals surface area contributed by atoms with E-state index in [0.717, 1.165) is 45.4 Å². The van der Waals surface area contributed by atoms with E-state index in [1.165, 1.54) is 12.5 Å². The van der Waals surface area contributed by atoms with Crippen LogP contribution in [-0.4, -0.2) is 41.1 Å². The van der Waals surface area contributed by atoms with Gasteiger partial charge in [0.1, 0.15) is 0 Å². The summed E-state index contributed by atoms with van der Waals surface area (Å²) in [4.78, 5) is 23.7. The molecule has 0 aliphatic carbocycles. The number of anilines is 2. The summed E-state index contributed by atoms with van der Waals surface area (Å²) >= 11 is 0. The van der Waals surface area contributed by atoms with Crippen molar-refractivity contribution in [3.63, 3.8) is 0 Å². The largest absolute Gasteiger partial charge is 0.421 e. The predicted octanol–water partition coefficient (Wildman–Crippen LogP) is 2.33. The number of rotatable bonds is 3. The number of pyridine rings is 1. The van der Waals surface area contributed by atoms with Gasteiger partial charge in [-0.1, -0.05) is 0 Å². The monoisotopic (exact) mass is 303 g/mol. The highest BCUT2D eigenvalue weighted by atomic mass is 16.6. The first-order valence-electron chi connectivity index (χ1n) is 7.68. The number of fused-ring (bicyclic) bond motifs is 1. The van der Waals surface area contributed by atoms with E-state index in [0.29, 0.717) is 23.1 Å². The van der Waals surface area contributed by atoms with Gasteiger partial charge in [-0.2, -0.15) is 4.98 Å². The van der Waals surface area contributed by atoms with Crippen LogP contribution < -0.4 is 9.80 Å². The van der Waals surface area contributed by atoms with Crippen LogP contribution in [0.3, 0.4) is 0 Å². The fraction of sp³-hybridized carbons (Fsp3) is 0.571. The summed E-state index contributed by atoms with van der Waals surface area (Å²) in [6, 6.07) is 1.98. The van der Waals surface area contributed by atoms with Crippen molar-refractivity contribution >= 4 is 28.8 Å². The van der Waals surface area contributed by atoms with Crippen molar-refractivity contribution in [2.75, 3.05) is 36.0 Å². The predicted molar refractivity (Wildman–Crippen MR) is 81.4 cm³/mol. The van der Waals surface area contributed by atoms with Gasteiger partial charge in [-0.05, 0) is 25.7 Å². The van der Waals surface area contributed by atoms with E-state index in [1.807, 2.05) is 4.90 Å². The van der Waals surface area contributed by atoms with Crippen LogP contribution in [0.4, 0.5) is 17.5 Å². The van der Waals surface area contributed by atoms with Crippen molar-refractivity contribution in [3.8, 4) is 0 Å². The van der Waals surface area contributed by atoms with Gasteiger partial charge in [-0.25, -0.2) is 4.98 Å². The van der Waals surface area contributed by atoms with Gasteiger partial charge in [0.25, 0.3) is 6.01 Å². The van der Waals surface area contributed by atoms with Gasteiger partial charge in [0.2, 0.25) is 11.5 Å². The molecule has 8 heteroatoms. The minimum atomic E-state index is -0.400. The Bertz CT molecular complexity index is 719. The summed E-state index contributed by atoms with van der Waals surface area (Å²) in [5.41, 5.74) is 0.832. The highest BCUT2D eigenvalue weighted by molar-refractivity contribution is 5.79. The number of hydrogen-bond acceptors (Lipinski definition) is 7. The molecule has 2 fully saturated rings. The minimum Gasteiger partial charge on any atom is -0.421 e. The molecule has 0 bridgehead atoms. The lowest BCUT2D eigenvalue weighted by atomic mass is 10.1. The van der Waals surface area contributed by atoms with E-state index in [1.54, 1.807) is 0 Å². The Morgan fingerprint density at radius 3 is 2.41 bits per heavy atom. The summed E-state index contributed by atoms with van der Waals surface area (Å²) in [6.07, 6.45) is 4.49. The maximum absolute atomic E-state index is 11.3. The highest BCUT2D eigenvalue weighted by Crippen LogP contribution is 2.34. The lowest BCUT2D eigenvalue weighted by Gasteiger charge is -2.31. The van der Waals surface area contributed by atoms with Crippen LogP contribution in [0, 0.1) is 10.1 Å². The molecule has 0 N–H and O–H groups in total. The first-order valence-corrected chi connectivity index (χ1v) is 7.68. The van der Waals surface area contributed by atoms with Crippen molar-refractivity contribution in [1.29, 1.82) is 0 Å². The Balaban J connectivity index is 1.76. The lowest BCUT2D eigenvalue weighted by Crippen LogP contribution is -2.38. The summed E-state index contributed by atoms with van der Waals surface area (Å²) in [5.74, 6) is 0.405. The summed E-state index contributed by atoms with van der Waals surface area (Å²) in [7, 11) is 0. The van der Waals surface area contributed by atoms with E-state index >= 15 is 0 Å². The molecule has 2 aromatic heterocycles. The summed E-state index contributed by atoms with van der Waals surface area (Å²) in [6.45, 7) is 3.42. The Morgan fingerprint density at radius 1 is 1.05 bits per heavy atom. The molecule has 2 aliphatic rings. The number of hydrogen-bond donors (Lipinski definition) is 0. The fourth-order valence-corrected chi connectivity index (χ4v) is 2.95. The SMILES string of the molecule is O=[N+]([O-])c1cc2oc(N3CCCCC3)nc2nc1N1CCC1. The molecule has 116 valence electrons. The van der Waals surface area contributed by atoms with E-state index in [-0.39, 0.29) is 5.69 Å². The molecule has 4 heterocycles. The van der Waals surface area contributed by atoms with Crippen LogP contribution >= 0.6 is 0 Å². The zero-order valence-electron chi connectivity index (χ0n) is 12.2. The molecule has 0 aromatic carbocycles. The molecule has 0 saturated carbocycles. The number of nitro groups is 1. The van der Waals surface area contributed by atoms with Crippen LogP contribution in [0.2, 0.25) is 0 Å². The first-order chi connectivity index (χ1) is 10.7. The third-order valence-corrected chi connectivity index (χ3v) is 4.31. The molecule has 8 nitrogen and oxygen atoms in total. The second-order valence-corrected chi connectivity index (χ2v) is 5.79. The van der Waals surface area contributed by atoms with Crippen molar-refractivity contribution < 1.29 is 9.34 Å². The van der Waals surface area contributed by atoms with Gasteiger partial charge in [0.05, 0.1) is 11.0 Å². The molecule has 0 radical (unpaired) electrons. The molecule has 0 unspecified atom stereocenters. The Kier molecular flexibility index (Phi) is 3.09. The van der Waals surface area contributed by atoms with Crippen molar-refractivity contribution in [1.82, 2.24) is 9.97 Å². The molecule has 2 aromatic rings. The average molecular weight is 303 g/mol. The lowest BCUT2D eigenvalue weighted by molar-refractivity contribution is -0.384. The number of nitrogens with zero attached hydrogens (tertiary/aromatic N) is 5. The van der Waals surface area contributed by atoms with Gasteiger partial charge in [0, 0.05) is 26.2 Å². The third kappa shape index (κ3) is 2.15. The summed E-state index contributed by atoms with van der Waals surface area (Å²) < 4.78 is 5.71. The maximum Gasteiger partial charge on any atom is 0.315 e. The highest BCUT2D eigenvalue weighted by Gasteiger charge is 2.28. The standard InChI is InChI=1S/C14H17N5O3/c20-19(21)10-9-11-12(15-13(10)17-7-4-8-17)16-14(22-11)18-5-2-1-3-6-18/h9H,1-8H2. The Hall–Kier alpha value is -2.38. The second kappa shape index (κ2) is 5.11. The van der Waals surface area contributed by atoms with Gasteiger partial charge >= 0.3 is 5.69 Å². The smallest absolute Gasteiger partial charge is 0.315 e. The van der Waals surface area contributed by atoms with Crippen LogP contribution in [0.5, 0.6) is 0 Å². The average Bonchev–Trinajstić information content (AvgIpc) is 2.88. The number of aromatic nitrogens is 2. The third-order valence-electron chi connectivity index (χ3n) is 4.31. The van der Waals surface area contributed by atoms with Gasteiger partial charge in [-0.3, -0.25) is 10.1 Å². The zero-order valence-corrected chi connectivity index (χ0v) is 12.2. The fourth-order valence-electron chi connectivity index (χ4n) is 2.95. The molecule has 0 spiro atoms. The summed E-state index contributed by atoms with van der Waals surface area (Å²) in [5, 5.41) is 11.3. The molecular formula is C14H17N5O3. The number of piperidine rings is 1. The molecular weight excluding hydrogens is 286 g/mol. The van der Waals surface area contributed by atoms with Gasteiger partial charge < -0.3 is 14.2 Å². The zero-order chi connectivity index (χ0) is 15.1. The van der Waals surface area contributed by atoms with Crippen molar-refractivity contribution in [2.24, 2.45) is 0 Å². The Labute approximate surface area is 126 Å². The topological polar surface area (TPSA) is 88.5 Å². The van der Waals surface area contributed by atoms with Crippen molar-refractivity contribution in [3.05, 3.63) is 16.2 Å². The minimum absolute atomic E-state index is 0.00598. The van der Waals surface area contributed by atoms with E-state index < -0.39 is 4.92 Å². The molecule has 0 atom stereocenters. The molecule has 0 amide bonds. The van der Waals surface area contributed by atoms with E-state index in [4.69, 9.17) is 4.42 Å². The van der Waals surface area contributed by atoms with Gasteiger partial charge in [0.15, 0.2) is 5.58 Å². The molecule has 4 rings (SSSR count).